The monoisotopic (exact) mass is 354 g/mol. The SMILES string of the molecule is N#Cc1cc(Br)ccc1NC(=O)c1c(F)cc(F)cc1F. The van der Waals surface area contributed by atoms with Crippen molar-refractivity contribution in [2.75, 3.05) is 5.32 Å². The predicted octanol–water partition coefficient (Wildman–Crippen LogP) is 3.99. The quantitative estimate of drug-likeness (QED) is 0.886. The van der Waals surface area contributed by atoms with E-state index < -0.39 is 28.9 Å². The van der Waals surface area contributed by atoms with E-state index in [0.717, 1.165) is 0 Å². The first-order valence-corrected chi connectivity index (χ1v) is 6.37. The molecule has 0 saturated heterocycles. The van der Waals surface area contributed by atoms with Gasteiger partial charge in [0.2, 0.25) is 0 Å². The molecule has 0 radical (unpaired) electrons. The van der Waals surface area contributed by atoms with Gasteiger partial charge in [-0.2, -0.15) is 5.26 Å². The van der Waals surface area contributed by atoms with Gasteiger partial charge in [-0.25, -0.2) is 13.2 Å². The summed E-state index contributed by atoms with van der Waals surface area (Å²) in [4.78, 5) is 11.9. The van der Waals surface area contributed by atoms with Gasteiger partial charge in [0.15, 0.2) is 0 Å². The number of nitriles is 1. The van der Waals surface area contributed by atoms with E-state index in [1.165, 1.54) is 12.1 Å². The second-order valence-corrected chi connectivity index (χ2v) is 4.92. The highest BCUT2D eigenvalue weighted by atomic mass is 79.9. The molecule has 21 heavy (non-hydrogen) atoms. The normalized spacial score (nSPS) is 10.0. The maximum absolute atomic E-state index is 13.5. The highest BCUT2D eigenvalue weighted by Crippen LogP contribution is 2.22. The Hall–Kier alpha value is -2.33. The van der Waals surface area contributed by atoms with Gasteiger partial charge < -0.3 is 5.32 Å². The lowest BCUT2D eigenvalue weighted by atomic mass is 10.1. The van der Waals surface area contributed by atoms with E-state index in [0.29, 0.717) is 16.6 Å². The molecule has 0 saturated carbocycles. The number of halogens is 4. The average molecular weight is 355 g/mol. The minimum absolute atomic E-state index is 0.0915. The fraction of sp³-hybridized carbons (Fsp3) is 0. The minimum Gasteiger partial charge on any atom is -0.321 e. The Bertz CT molecular complexity index is 748. The van der Waals surface area contributed by atoms with Crippen LogP contribution in [-0.2, 0) is 0 Å². The van der Waals surface area contributed by atoms with Crippen LogP contribution in [0.15, 0.2) is 34.8 Å². The van der Waals surface area contributed by atoms with Crippen molar-refractivity contribution < 1.29 is 18.0 Å². The molecule has 106 valence electrons. The summed E-state index contributed by atoms with van der Waals surface area (Å²) >= 11 is 3.15. The second kappa shape index (κ2) is 5.97. The smallest absolute Gasteiger partial charge is 0.261 e. The van der Waals surface area contributed by atoms with Gasteiger partial charge in [0.1, 0.15) is 29.1 Å². The number of nitrogens with one attached hydrogen (secondary N) is 1. The summed E-state index contributed by atoms with van der Waals surface area (Å²) in [6.07, 6.45) is 0. The molecule has 1 amide bonds. The summed E-state index contributed by atoms with van der Waals surface area (Å²) in [5.41, 5.74) is -0.710. The molecule has 2 aromatic carbocycles. The Morgan fingerprint density at radius 2 is 1.76 bits per heavy atom. The Morgan fingerprint density at radius 3 is 2.33 bits per heavy atom. The van der Waals surface area contributed by atoms with Gasteiger partial charge in [0, 0.05) is 16.6 Å². The van der Waals surface area contributed by atoms with Crippen molar-refractivity contribution in [1.82, 2.24) is 0 Å². The molecule has 2 rings (SSSR count). The van der Waals surface area contributed by atoms with E-state index in [2.05, 4.69) is 21.2 Å². The van der Waals surface area contributed by atoms with Crippen LogP contribution < -0.4 is 5.32 Å². The van der Waals surface area contributed by atoms with Crippen LogP contribution >= 0.6 is 15.9 Å². The van der Waals surface area contributed by atoms with Crippen LogP contribution in [0.25, 0.3) is 0 Å². The fourth-order valence-corrected chi connectivity index (χ4v) is 2.02. The molecule has 0 heterocycles. The second-order valence-electron chi connectivity index (χ2n) is 4.00. The average Bonchev–Trinajstić information content (AvgIpc) is 2.39. The standard InChI is InChI=1S/C14H6BrF3N2O/c15-8-1-2-12(7(3-8)6-19)20-14(21)13-10(17)4-9(16)5-11(13)18/h1-5H,(H,20,21). The molecule has 0 bridgehead atoms. The van der Waals surface area contributed by atoms with Crippen molar-refractivity contribution in [3.05, 3.63) is 63.4 Å². The van der Waals surface area contributed by atoms with Gasteiger partial charge in [-0.1, -0.05) is 15.9 Å². The van der Waals surface area contributed by atoms with Crippen molar-refractivity contribution in [2.24, 2.45) is 0 Å². The number of rotatable bonds is 2. The summed E-state index contributed by atoms with van der Waals surface area (Å²) in [5, 5.41) is 11.2. The van der Waals surface area contributed by atoms with Crippen LogP contribution in [0.3, 0.4) is 0 Å². The maximum Gasteiger partial charge on any atom is 0.261 e. The van der Waals surface area contributed by atoms with Crippen LogP contribution in [-0.4, -0.2) is 5.91 Å². The molecule has 0 aromatic heterocycles. The van der Waals surface area contributed by atoms with Gasteiger partial charge in [0.25, 0.3) is 5.91 Å². The lowest BCUT2D eigenvalue weighted by Gasteiger charge is -2.09. The van der Waals surface area contributed by atoms with Crippen LogP contribution in [0, 0.1) is 28.8 Å². The number of carbonyl (C=O) groups is 1. The van der Waals surface area contributed by atoms with Crippen LogP contribution in [0.1, 0.15) is 15.9 Å². The van der Waals surface area contributed by atoms with Gasteiger partial charge in [-0.15, -0.1) is 0 Å². The van der Waals surface area contributed by atoms with E-state index >= 15 is 0 Å². The minimum atomic E-state index is -1.32. The Morgan fingerprint density at radius 1 is 1.14 bits per heavy atom. The first-order valence-electron chi connectivity index (χ1n) is 5.58. The number of carbonyl (C=O) groups excluding carboxylic acids is 1. The van der Waals surface area contributed by atoms with E-state index in [4.69, 9.17) is 5.26 Å². The van der Waals surface area contributed by atoms with Crippen molar-refractivity contribution in [1.29, 1.82) is 5.26 Å². The third-order valence-electron chi connectivity index (χ3n) is 2.58. The number of amides is 1. The molecule has 0 fully saturated rings. The first-order chi connectivity index (χ1) is 9.92. The van der Waals surface area contributed by atoms with Gasteiger partial charge in [-0.05, 0) is 18.2 Å². The van der Waals surface area contributed by atoms with E-state index in [9.17, 15) is 18.0 Å². The van der Waals surface area contributed by atoms with Gasteiger partial charge in [0.05, 0.1) is 11.3 Å². The summed E-state index contributed by atoms with van der Waals surface area (Å²) in [6, 6.07) is 7.04. The van der Waals surface area contributed by atoms with Crippen LogP contribution in [0.5, 0.6) is 0 Å². The van der Waals surface area contributed by atoms with Gasteiger partial charge >= 0.3 is 0 Å². The Kier molecular flexibility index (Phi) is 4.29. The zero-order chi connectivity index (χ0) is 15.6. The number of benzene rings is 2. The van der Waals surface area contributed by atoms with Crippen LogP contribution in [0.2, 0.25) is 0 Å². The lowest BCUT2D eigenvalue weighted by Crippen LogP contribution is -2.17. The molecular formula is C14H6BrF3N2O. The lowest BCUT2D eigenvalue weighted by molar-refractivity contribution is 0.101. The topological polar surface area (TPSA) is 52.9 Å². The molecular weight excluding hydrogens is 349 g/mol. The number of hydrogen-bond donors (Lipinski definition) is 1. The van der Waals surface area contributed by atoms with E-state index in [-0.39, 0.29) is 11.3 Å². The van der Waals surface area contributed by atoms with Crippen molar-refractivity contribution in [2.45, 2.75) is 0 Å². The summed E-state index contributed by atoms with van der Waals surface area (Å²) < 4.78 is 40.4. The third kappa shape index (κ3) is 3.23. The number of nitrogens with zero attached hydrogens (tertiary/aromatic N) is 1. The van der Waals surface area contributed by atoms with Crippen LogP contribution in [0.4, 0.5) is 18.9 Å². The molecule has 3 nitrogen and oxygen atoms in total. The zero-order valence-electron chi connectivity index (χ0n) is 10.3. The van der Waals surface area contributed by atoms with E-state index in [1.807, 2.05) is 6.07 Å². The highest BCUT2D eigenvalue weighted by Gasteiger charge is 2.20. The number of anilines is 1. The molecule has 2 aromatic rings. The molecule has 0 atom stereocenters. The molecule has 0 aliphatic rings. The fourth-order valence-electron chi connectivity index (χ4n) is 1.66. The zero-order valence-corrected chi connectivity index (χ0v) is 11.8. The van der Waals surface area contributed by atoms with Crippen molar-refractivity contribution in [3.8, 4) is 6.07 Å². The Labute approximate surface area is 126 Å². The molecule has 1 N–H and O–H groups in total. The van der Waals surface area contributed by atoms with Crippen molar-refractivity contribution in [3.63, 3.8) is 0 Å². The van der Waals surface area contributed by atoms with Crippen molar-refractivity contribution >= 4 is 27.5 Å². The van der Waals surface area contributed by atoms with Gasteiger partial charge in [-0.3, -0.25) is 4.79 Å². The molecule has 0 spiro atoms. The van der Waals surface area contributed by atoms with E-state index in [1.54, 1.807) is 6.07 Å². The summed E-state index contributed by atoms with van der Waals surface area (Å²) in [6.45, 7) is 0. The first kappa shape index (κ1) is 15.1. The maximum atomic E-state index is 13.5. The number of hydrogen-bond acceptors (Lipinski definition) is 2. The summed E-state index contributed by atoms with van der Waals surface area (Å²) in [7, 11) is 0. The summed E-state index contributed by atoms with van der Waals surface area (Å²) in [5.74, 6) is -4.87. The molecule has 0 aliphatic heterocycles. The highest BCUT2D eigenvalue weighted by molar-refractivity contribution is 9.10. The molecule has 7 heteroatoms. The third-order valence-corrected chi connectivity index (χ3v) is 3.08. The molecule has 0 unspecified atom stereocenters. The molecule has 0 aliphatic carbocycles. The predicted molar refractivity (Wildman–Crippen MR) is 73.1 cm³/mol. The largest absolute Gasteiger partial charge is 0.321 e. The Balaban J connectivity index is 2.38.